The van der Waals surface area contributed by atoms with E-state index in [1.165, 1.54) is 0 Å². The minimum Gasteiger partial charge on any atom is -0.335 e. The molecule has 1 amide bonds. The van der Waals surface area contributed by atoms with Crippen molar-refractivity contribution in [3.8, 4) is 0 Å². The Balaban J connectivity index is 2.88. The monoisotopic (exact) mass is 328 g/mol. The average Bonchev–Trinajstić information content (AvgIpc) is 2.37. The van der Waals surface area contributed by atoms with E-state index < -0.39 is 0 Å². The lowest BCUT2D eigenvalue weighted by Gasteiger charge is -2.27. The highest BCUT2D eigenvalue weighted by Gasteiger charge is 2.19. The maximum Gasteiger partial charge on any atom is 0.246 e. The number of nitrogens with zero attached hydrogens (tertiary/aromatic N) is 2. The van der Waals surface area contributed by atoms with Crippen LogP contribution in [0.2, 0.25) is 10.0 Å². The SMILES string of the molecule is CCC(c1cc(Cl)cc(Cl)c1)N(C)C(=O)/C=C/CN(C)C. The number of carbonyl (C=O) groups excluding carboxylic acids is 1. The summed E-state index contributed by atoms with van der Waals surface area (Å²) >= 11 is 12.1. The zero-order valence-corrected chi connectivity index (χ0v) is 14.4. The Morgan fingerprint density at radius 3 is 2.24 bits per heavy atom. The molecule has 1 aromatic rings. The summed E-state index contributed by atoms with van der Waals surface area (Å²) in [7, 11) is 5.72. The number of hydrogen-bond donors (Lipinski definition) is 0. The lowest BCUT2D eigenvalue weighted by molar-refractivity contribution is -0.127. The molecule has 0 saturated carbocycles. The van der Waals surface area contributed by atoms with Gasteiger partial charge in [0.15, 0.2) is 0 Å². The maximum absolute atomic E-state index is 12.2. The van der Waals surface area contributed by atoms with E-state index >= 15 is 0 Å². The molecule has 0 aliphatic rings. The van der Waals surface area contributed by atoms with Gasteiger partial charge in [-0.15, -0.1) is 0 Å². The number of benzene rings is 1. The molecule has 1 unspecified atom stereocenters. The molecule has 0 bridgehead atoms. The van der Waals surface area contributed by atoms with Crippen LogP contribution in [0.25, 0.3) is 0 Å². The van der Waals surface area contributed by atoms with Crippen LogP contribution in [0, 0.1) is 0 Å². The summed E-state index contributed by atoms with van der Waals surface area (Å²) in [6.45, 7) is 2.77. The summed E-state index contributed by atoms with van der Waals surface area (Å²) in [6.07, 6.45) is 4.26. The molecule has 0 aliphatic carbocycles. The minimum absolute atomic E-state index is 0.0280. The highest BCUT2D eigenvalue weighted by molar-refractivity contribution is 6.34. The van der Waals surface area contributed by atoms with Crippen LogP contribution in [-0.4, -0.2) is 43.4 Å². The Bertz CT molecular complexity index is 495. The second-order valence-corrected chi connectivity index (χ2v) is 6.11. The molecule has 0 radical (unpaired) electrons. The van der Waals surface area contributed by atoms with Crippen molar-refractivity contribution in [1.82, 2.24) is 9.80 Å². The van der Waals surface area contributed by atoms with Crippen LogP contribution >= 0.6 is 23.2 Å². The van der Waals surface area contributed by atoms with Crippen molar-refractivity contribution in [3.63, 3.8) is 0 Å². The zero-order chi connectivity index (χ0) is 16.0. The van der Waals surface area contributed by atoms with Crippen LogP contribution in [0.5, 0.6) is 0 Å². The van der Waals surface area contributed by atoms with Crippen molar-refractivity contribution in [2.75, 3.05) is 27.7 Å². The van der Waals surface area contributed by atoms with Crippen LogP contribution in [0.3, 0.4) is 0 Å². The fourth-order valence-corrected chi connectivity index (χ4v) is 2.68. The van der Waals surface area contributed by atoms with Gasteiger partial charge in [0.1, 0.15) is 0 Å². The van der Waals surface area contributed by atoms with Gasteiger partial charge in [0.25, 0.3) is 0 Å². The normalized spacial score (nSPS) is 12.9. The first-order valence-electron chi connectivity index (χ1n) is 6.89. The Kier molecular flexibility index (Phi) is 7.23. The summed E-state index contributed by atoms with van der Waals surface area (Å²) < 4.78 is 0. The Morgan fingerprint density at radius 1 is 1.19 bits per heavy atom. The molecule has 0 aliphatic heterocycles. The van der Waals surface area contributed by atoms with Gasteiger partial charge in [-0.1, -0.05) is 36.2 Å². The van der Waals surface area contributed by atoms with Crippen LogP contribution in [0.1, 0.15) is 24.9 Å². The fourth-order valence-electron chi connectivity index (χ4n) is 2.14. The lowest BCUT2D eigenvalue weighted by atomic mass is 10.0. The van der Waals surface area contributed by atoms with Gasteiger partial charge in [-0.3, -0.25) is 4.79 Å². The van der Waals surface area contributed by atoms with E-state index in [-0.39, 0.29) is 11.9 Å². The number of likely N-dealkylation sites (N-methyl/N-ethyl adjacent to an activating group) is 2. The number of hydrogen-bond acceptors (Lipinski definition) is 2. The molecule has 0 heterocycles. The summed E-state index contributed by atoms with van der Waals surface area (Å²) in [6, 6.07) is 5.36. The largest absolute Gasteiger partial charge is 0.335 e. The Morgan fingerprint density at radius 2 is 1.76 bits per heavy atom. The number of carbonyl (C=O) groups is 1. The van der Waals surface area contributed by atoms with E-state index in [1.807, 2.05) is 44.1 Å². The predicted molar refractivity (Wildman–Crippen MR) is 90.0 cm³/mol. The molecule has 0 spiro atoms. The Labute approximate surface area is 137 Å². The molecule has 21 heavy (non-hydrogen) atoms. The molecule has 5 heteroatoms. The average molecular weight is 329 g/mol. The first kappa shape index (κ1) is 18.0. The second-order valence-electron chi connectivity index (χ2n) is 5.24. The minimum atomic E-state index is -0.0438. The van der Waals surface area contributed by atoms with Crippen molar-refractivity contribution in [3.05, 3.63) is 46.0 Å². The van der Waals surface area contributed by atoms with E-state index in [0.29, 0.717) is 10.0 Å². The highest BCUT2D eigenvalue weighted by Crippen LogP contribution is 2.28. The molecular weight excluding hydrogens is 307 g/mol. The third-order valence-corrected chi connectivity index (χ3v) is 3.64. The lowest BCUT2D eigenvalue weighted by Crippen LogP contribution is -2.29. The summed E-state index contributed by atoms with van der Waals surface area (Å²) in [4.78, 5) is 15.9. The van der Waals surface area contributed by atoms with Crippen molar-refractivity contribution in [1.29, 1.82) is 0 Å². The molecule has 1 aromatic carbocycles. The third kappa shape index (κ3) is 5.70. The third-order valence-electron chi connectivity index (χ3n) is 3.20. The van der Waals surface area contributed by atoms with Gasteiger partial charge in [-0.25, -0.2) is 0 Å². The molecular formula is C16H22Cl2N2O. The highest BCUT2D eigenvalue weighted by atomic mass is 35.5. The van der Waals surface area contributed by atoms with Gasteiger partial charge in [-0.05, 0) is 44.3 Å². The molecule has 116 valence electrons. The smallest absolute Gasteiger partial charge is 0.246 e. The van der Waals surface area contributed by atoms with Crippen molar-refractivity contribution >= 4 is 29.1 Å². The number of halogens is 2. The van der Waals surface area contributed by atoms with Crippen LogP contribution in [-0.2, 0) is 4.79 Å². The van der Waals surface area contributed by atoms with E-state index in [4.69, 9.17) is 23.2 Å². The van der Waals surface area contributed by atoms with Gasteiger partial charge in [0.05, 0.1) is 6.04 Å². The summed E-state index contributed by atoms with van der Waals surface area (Å²) in [5.41, 5.74) is 0.951. The topological polar surface area (TPSA) is 23.6 Å². The number of rotatable bonds is 6. The van der Waals surface area contributed by atoms with Gasteiger partial charge in [0.2, 0.25) is 5.91 Å². The van der Waals surface area contributed by atoms with E-state index in [2.05, 4.69) is 0 Å². The summed E-state index contributed by atoms with van der Waals surface area (Å²) in [5.74, 6) is -0.0280. The van der Waals surface area contributed by atoms with Crippen LogP contribution in [0.4, 0.5) is 0 Å². The van der Waals surface area contributed by atoms with E-state index in [0.717, 1.165) is 18.5 Å². The number of amides is 1. The quantitative estimate of drug-likeness (QED) is 0.736. The van der Waals surface area contributed by atoms with Crippen molar-refractivity contribution in [2.45, 2.75) is 19.4 Å². The van der Waals surface area contributed by atoms with Crippen LogP contribution < -0.4 is 0 Å². The van der Waals surface area contributed by atoms with Gasteiger partial charge < -0.3 is 9.80 Å². The molecule has 0 aromatic heterocycles. The standard InChI is InChI=1S/C16H22Cl2N2O/c1-5-15(12-9-13(17)11-14(18)10-12)20(4)16(21)7-6-8-19(2)3/h6-7,9-11,15H,5,8H2,1-4H3/b7-6+. The van der Waals surface area contributed by atoms with Gasteiger partial charge >= 0.3 is 0 Å². The zero-order valence-electron chi connectivity index (χ0n) is 12.9. The summed E-state index contributed by atoms with van der Waals surface area (Å²) in [5, 5.41) is 1.17. The molecule has 0 saturated heterocycles. The van der Waals surface area contributed by atoms with E-state index in [9.17, 15) is 4.79 Å². The van der Waals surface area contributed by atoms with Gasteiger partial charge in [-0.2, -0.15) is 0 Å². The molecule has 3 nitrogen and oxygen atoms in total. The maximum atomic E-state index is 12.2. The van der Waals surface area contributed by atoms with Crippen molar-refractivity contribution in [2.24, 2.45) is 0 Å². The molecule has 0 N–H and O–H groups in total. The fraction of sp³-hybridized carbons (Fsp3) is 0.438. The predicted octanol–water partition coefficient (Wildman–Crippen LogP) is 4.02. The second kappa shape index (κ2) is 8.42. The molecule has 1 atom stereocenters. The van der Waals surface area contributed by atoms with Crippen LogP contribution in [0.15, 0.2) is 30.4 Å². The first-order valence-corrected chi connectivity index (χ1v) is 7.64. The Hall–Kier alpha value is -1.03. The first-order chi connectivity index (χ1) is 9.85. The van der Waals surface area contributed by atoms with Gasteiger partial charge in [0, 0.05) is 29.7 Å². The van der Waals surface area contributed by atoms with Crippen molar-refractivity contribution < 1.29 is 4.79 Å². The van der Waals surface area contributed by atoms with E-state index in [1.54, 1.807) is 24.1 Å². The molecule has 1 rings (SSSR count). The molecule has 0 fully saturated rings.